The first kappa shape index (κ1) is 8.53. The highest BCUT2D eigenvalue weighted by atomic mass is 31.1. The molecule has 52 valence electrons. The van der Waals surface area contributed by atoms with Gasteiger partial charge in [-0.15, -0.1) is 5.50 Å². The molecule has 9 heavy (non-hydrogen) atoms. The van der Waals surface area contributed by atoms with Crippen LogP contribution in [0.4, 0.5) is 0 Å². The molecule has 0 spiro atoms. The number of aliphatic carboxylic acids is 1. The molecule has 0 aromatic carbocycles. The zero-order valence-corrected chi connectivity index (χ0v) is 5.97. The fraction of sp³-hybridized carbons (Fsp3) is 0.750. The van der Waals surface area contributed by atoms with Gasteiger partial charge in [0, 0.05) is 6.42 Å². The van der Waals surface area contributed by atoms with Gasteiger partial charge in [-0.2, -0.15) is 0 Å². The molecule has 2 atom stereocenters. The molecule has 0 aliphatic carbocycles. The highest BCUT2D eigenvalue weighted by Crippen LogP contribution is 2.20. The number of rotatable bonds is 3. The summed E-state index contributed by atoms with van der Waals surface area (Å²) in [5.41, 5.74) is 4.00. The summed E-state index contributed by atoms with van der Waals surface area (Å²) in [5.74, 6) is -1.08. The van der Waals surface area contributed by atoms with Crippen molar-refractivity contribution < 1.29 is 14.5 Å². The van der Waals surface area contributed by atoms with Crippen LogP contribution in [0.3, 0.4) is 0 Å². The maximum atomic E-state index is 10.4. The fourth-order valence-electron chi connectivity index (χ4n) is 0.463. The molecule has 0 aliphatic rings. The Labute approximate surface area is 53.9 Å². The first-order valence-corrected chi connectivity index (χ1v) is 3.93. The highest BCUT2D eigenvalue weighted by molar-refractivity contribution is 7.44. The molecule has 0 bridgehead atoms. The van der Waals surface area contributed by atoms with Crippen molar-refractivity contribution in [1.82, 2.24) is 0 Å². The lowest BCUT2D eigenvalue weighted by atomic mass is 10.3. The third-order valence-electron chi connectivity index (χ3n) is 0.979. The van der Waals surface area contributed by atoms with Crippen LogP contribution in [-0.2, 0) is 9.36 Å². The molecule has 5 heteroatoms. The molecule has 0 saturated heterocycles. The van der Waals surface area contributed by atoms with Crippen LogP contribution in [0.2, 0.25) is 0 Å². The molecule has 0 saturated carbocycles. The number of nitrogens with two attached hydrogens (primary N) is 1. The SMILES string of the molecule is CCC(C(=O)O)[P+](N)=O. The second-order valence-corrected chi connectivity index (χ2v) is 2.97. The number of hydrogen-bond donors (Lipinski definition) is 2. The molecule has 0 heterocycles. The average Bonchev–Trinajstić information content (AvgIpc) is 1.64. The van der Waals surface area contributed by atoms with Gasteiger partial charge in [0.25, 0.3) is 5.66 Å². The van der Waals surface area contributed by atoms with Crippen LogP contribution >= 0.6 is 7.95 Å². The van der Waals surface area contributed by atoms with Crippen LogP contribution in [0.1, 0.15) is 13.3 Å². The van der Waals surface area contributed by atoms with Gasteiger partial charge in [-0.05, 0) is 4.57 Å². The Morgan fingerprint density at radius 2 is 2.33 bits per heavy atom. The summed E-state index contributed by atoms with van der Waals surface area (Å²) in [6.45, 7) is 1.64. The summed E-state index contributed by atoms with van der Waals surface area (Å²) < 4.78 is 10.4. The van der Waals surface area contributed by atoms with Crippen molar-refractivity contribution in [3.05, 3.63) is 0 Å². The first-order valence-electron chi connectivity index (χ1n) is 2.53. The fourth-order valence-corrected chi connectivity index (χ4v) is 1.04. The van der Waals surface area contributed by atoms with E-state index in [0.717, 1.165) is 0 Å². The monoisotopic (exact) mass is 150 g/mol. The minimum absolute atomic E-state index is 0.320. The van der Waals surface area contributed by atoms with E-state index >= 15 is 0 Å². The van der Waals surface area contributed by atoms with Gasteiger partial charge in [0.15, 0.2) is 0 Å². The summed E-state index contributed by atoms with van der Waals surface area (Å²) in [5, 5.41) is 8.28. The van der Waals surface area contributed by atoms with E-state index in [9.17, 15) is 9.36 Å². The van der Waals surface area contributed by atoms with Crippen LogP contribution in [0.25, 0.3) is 0 Å². The molecule has 0 aliphatic heterocycles. The molecule has 0 amide bonds. The lowest BCUT2D eigenvalue weighted by Crippen LogP contribution is -2.16. The Kier molecular flexibility index (Phi) is 3.35. The van der Waals surface area contributed by atoms with E-state index in [-0.39, 0.29) is 0 Å². The zero-order chi connectivity index (χ0) is 7.44. The Balaban J connectivity index is 3.99. The lowest BCUT2D eigenvalue weighted by molar-refractivity contribution is -0.136. The Bertz CT molecular complexity index is 122. The Morgan fingerprint density at radius 1 is 1.89 bits per heavy atom. The topological polar surface area (TPSA) is 80.4 Å². The molecule has 0 rings (SSSR count). The highest BCUT2D eigenvalue weighted by Gasteiger charge is 2.32. The smallest absolute Gasteiger partial charge is 0.444 e. The van der Waals surface area contributed by atoms with E-state index in [1.165, 1.54) is 0 Å². The van der Waals surface area contributed by atoms with E-state index in [2.05, 4.69) is 0 Å². The van der Waals surface area contributed by atoms with Crippen molar-refractivity contribution in [2.75, 3.05) is 0 Å². The predicted molar refractivity (Wildman–Crippen MR) is 33.5 cm³/mol. The average molecular weight is 150 g/mol. The molecule has 0 aromatic rings. The molecule has 0 fully saturated rings. The summed E-state index contributed by atoms with van der Waals surface area (Å²) in [4.78, 5) is 10.1. The third-order valence-corrected chi connectivity index (χ3v) is 2.18. The minimum atomic E-state index is -2.05. The molecular formula is C4H9NO3P+. The van der Waals surface area contributed by atoms with Crippen LogP contribution in [0.5, 0.6) is 0 Å². The summed E-state index contributed by atoms with van der Waals surface area (Å²) in [7, 11) is -2.05. The first-order chi connectivity index (χ1) is 4.09. The number of hydrogen-bond acceptors (Lipinski definition) is 2. The summed E-state index contributed by atoms with van der Waals surface area (Å²) in [6.07, 6.45) is 0.320. The van der Waals surface area contributed by atoms with E-state index in [1.54, 1.807) is 6.92 Å². The van der Waals surface area contributed by atoms with Crippen molar-refractivity contribution in [3.8, 4) is 0 Å². The standard InChI is InChI=1S/C4H8NO3P/c1-2-3(4(6)7)9(5)8/h3H,2H2,1H3,(H2-,5,6,7,8)/p+1. The molecular weight excluding hydrogens is 141 g/mol. The summed E-state index contributed by atoms with van der Waals surface area (Å²) >= 11 is 0. The van der Waals surface area contributed by atoms with E-state index in [0.29, 0.717) is 6.42 Å². The van der Waals surface area contributed by atoms with Crippen LogP contribution in [0.15, 0.2) is 0 Å². The second-order valence-electron chi connectivity index (χ2n) is 1.62. The maximum Gasteiger partial charge on any atom is 0.444 e. The van der Waals surface area contributed by atoms with Gasteiger partial charge in [0.2, 0.25) is 0 Å². The second kappa shape index (κ2) is 3.54. The minimum Gasteiger partial charge on any atom is -0.478 e. The normalized spacial score (nSPS) is 14.7. The quantitative estimate of drug-likeness (QED) is 0.575. The molecule has 0 aromatic heterocycles. The van der Waals surface area contributed by atoms with Gasteiger partial charge < -0.3 is 5.11 Å². The zero-order valence-electron chi connectivity index (χ0n) is 5.07. The van der Waals surface area contributed by atoms with Crippen molar-refractivity contribution in [3.63, 3.8) is 0 Å². The van der Waals surface area contributed by atoms with Crippen molar-refractivity contribution >= 4 is 13.9 Å². The maximum absolute atomic E-state index is 10.4. The van der Waals surface area contributed by atoms with Crippen LogP contribution in [-0.4, -0.2) is 16.7 Å². The van der Waals surface area contributed by atoms with Crippen molar-refractivity contribution in [2.45, 2.75) is 19.0 Å². The van der Waals surface area contributed by atoms with Gasteiger partial charge in [-0.1, -0.05) is 6.92 Å². The molecule has 0 radical (unpaired) electrons. The van der Waals surface area contributed by atoms with Gasteiger partial charge >= 0.3 is 13.9 Å². The number of carbonyl (C=O) groups is 1. The van der Waals surface area contributed by atoms with Crippen molar-refractivity contribution in [2.24, 2.45) is 5.50 Å². The van der Waals surface area contributed by atoms with Crippen molar-refractivity contribution in [1.29, 1.82) is 0 Å². The Hall–Kier alpha value is -0.470. The van der Waals surface area contributed by atoms with E-state index in [4.69, 9.17) is 10.6 Å². The van der Waals surface area contributed by atoms with Crippen LogP contribution < -0.4 is 5.50 Å². The van der Waals surface area contributed by atoms with Gasteiger partial charge in [0.1, 0.15) is 0 Å². The van der Waals surface area contributed by atoms with E-state index < -0.39 is 19.6 Å². The Morgan fingerprint density at radius 3 is 2.33 bits per heavy atom. The molecule has 2 unspecified atom stereocenters. The van der Waals surface area contributed by atoms with Gasteiger partial charge in [-0.25, -0.2) is 4.79 Å². The summed E-state index contributed by atoms with van der Waals surface area (Å²) in [6, 6.07) is 0. The lowest BCUT2D eigenvalue weighted by Gasteiger charge is -1.91. The van der Waals surface area contributed by atoms with E-state index in [1.807, 2.05) is 0 Å². The van der Waals surface area contributed by atoms with Gasteiger partial charge in [0.05, 0.1) is 0 Å². The molecule has 4 nitrogen and oxygen atoms in total. The predicted octanol–water partition coefficient (Wildman–Crippen LogP) is 0.551. The largest absolute Gasteiger partial charge is 0.478 e. The number of carboxylic acids is 1. The van der Waals surface area contributed by atoms with Gasteiger partial charge in [-0.3, -0.25) is 0 Å². The third kappa shape index (κ3) is 2.54. The van der Waals surface area contributed by atoms with Crippen LogP contribution in [0, 0.1) is 0 Å². The molecule has 3 N–H and O–H groups in total. The number of carboxylic acid groups (broad SMARTS) is 1.